The average Bonchev–Trinajstić information content (AvgIpc) is 2.92. The van der Waals surface area contributed by atoms with Crippen LogP contribution in [-0.2, 0) is 0 Å². The highest BCUT2D eigenvalue weighted by atomic mass is 32.2. The molecular formula is C14H24N4S. The van der Waals surface area contributed by atoms with Crippen LogP contribution in [-0.4, -0.2) is 36.4 Å². The quantitative estimate of drug-likeness (QED) is 0.662. The Morgan fingerprint density at radius 2 is 2.11 bits per heavy atom. The van der Waals surface area contributed by atoms with Crippen LogP contribution in [0.25, 0.3) is 0 Å². The van der Waals surface area contributed by atoms with Crippen LogP contribution >= 0.6 is 11.8 Å². The van der Waals surface area contributed by atoms with Crippen LogP contribution in [0.3, 0.4) is 0 Å². The maximum atomic E-state index is 4.65. The first-order chi connectivity index (χ1) is 9.16. The van der Waals surface area contributed by atoms with Crippen molar-refractivity contribution in [2.24, 2.45) is 5.41 Å². The summed E-state index contributed by atoms with van der Waals surface area (Å²) in [7, 11) is 1.91. The van der Waals surface area contributed by atoms with Crippen LogP contribution in [0.1, 0.15) is 33.1 Å². The molecule has 1 fully saturated rings. The van der Waals surface area contributed by atoms with Gasteiger partial charge in [-0.25, -0.2) is 9.97 Å². The summed E-state index contributed by atoms with van der Waals surface area (Å²) in [6.45, 7) is 6.84. The number of anilines is 2. The van der Waals surface area contributed by atoms with E-state index in [0.717, 1.165) is 29.9 Å². The first kappa shape index (κ1) is 14.4. The molecule has 0 amide bonds. The van der Waals surface area contributed by atoms with Crippen molar-refractivity contribution >= 4 is 23.4 Å². The molecule has 0 saturated carbocycles. The molecule has 0 atom stereocenters. The second kappa shape index (κ2) is 5.99. The fourth-order valence-corrected chi connectivity index (χ4v) is 3.13. The smallest absolute Gasteiger partial charge is 0.191 e. The third-order valence-electron chi connectivity index (χ3n) is 4.39. The number of rotatable bonds is 5. The minimum absolute atomic E-state index is 0.476. The van der Waals surface area contributed by atoms with Gasteiger partial charge in [0.1, 0.15) is 11.6 Å². The Hall–Kier alpha value is -0.970. The zero-order valence-electron chi connectivity index (χ0n) is 12.4. The van der Waals surface area contributed by atoms with Crippen molar-refractivity contribution in [2.75, 3.05) is 36.6 Å². The summed E-state index contributed by atoms with van der Waals surface area (Å²) < 4.78 is 0. The molecule has 2 heterocycles. The zero-order valence-corrected chi connectivity index (χ0v) is 13.2. The highest BCUT2D eigenvalue weighted by molar-refractivity contribution is 7.98. The highest BCUT2D eigenvalue weighted by Gasteiger charge is 2.35. The predicted molar refractivity (Wildman–Crippen MR) is 83.2 cm³/mol. The van der Waals surface area contributed by atoms with E-state index < -0.39 is 0 Å². The molecule has 0 aliphatic carbocycles. The van der Waals surface area contributed by atoms with Crippen LogP contribution in [0.2, 0.25) is 0 Å². The maximum Gasteiger partial charge on any atom is 0.191 e. The van der Waals surface area contributed by atoms with Crippen molar-refractivity contribution in [3.63, 3.8) is 0 Å². The molecule has 4 nitrogen and oxygen atoms in total. The molecule has 19 heavy (non-hydrogen) atoms. The number of nitrogens with zero attached hydrogens (tertiary/aromatic N) is 3. The average molecular weight is 280 g/mol. The zero-order chi connectivity index (χ0) is 13.9. The first-order valence-corrected chi connectivity index (χ1v) is 8.24. The Labute approximate surface area is 120 Å². The Balaban J connectivity index is 2.23. The van der Waals surface area contributed by atoms with Crippen molar-refractivity contribution in [3.05, 3.63) is 6.07 Å². The van der Waals surface area contributed by atoms with E-state index in [2.05, 4.69) is 40.1 Å². The first-order valence-electron chi connectivity index (χ1n) is 7.02. The number of aromatic nitrogens is 2. The summed E-state index contributed by atoms with van der Waals surface area (Å²) in [5.74, 6) is 1.97. The molecule has 2 rings (SSSR count). The lowest BCUT2D eigenvalue weighted by molar-refractivity contribution is 0.301. The van der Waals surface area contributed by atoms with Gasteiger partial charge in [-0.05, 0) is 30.9 Å². The highest BCUT2D eigenvalue weighted by Crippen LogP contribution is 2.39. The molecular weight excluding hydrogens is 256 g/mol. The van der Waals surface area contributed by atoms with Crippen molar-refractivity contribution < 1.29 is 0 Å². The second-order valence-electron chi connectivity index (χ2n) is 5.23. The summed E-state index contributed by atoms with van der Waals surface area (Å²) in [4.78, 5) is 11.5. The summed E-state index contributed by atoms with van der Waals surface area (Å²) >= 11 is 1.59. The molecule has 5 heteroatoms. The van der Waals surface area contributed by atoms with Crippen LogP contribution in [0, 0.1) is 5.41 Å². The fourth-order valence-electron chi connectivity index (χ4n) is 2.75. The van der Waals surface area contributed by atoms with Gasteiger partial charge in [-0.1, -0.05) is 25.6 Å². The maximum absolute atomic E-state index is 4.65. The Bertz CT molecular complexity index is 409. The molecule has 0 spiro atoms. The minimum atomic E-state index is 0.476. The van der Waals surface area contributed by atoms with Crippen molar-refractivity contribution in [1.29, 1.82) is 0 Å². The molecule has 1 aliphatic heterocycles. The summed E-state index contributed by atoms with van der Waals surface area (Å²) in [6, 6.07) is 2.06. The lowest BCUT2D eigenvalue weighted by atomic mass is 9.82. The predicted octanol–water partition coefficient (Wildman–Crippen LogP) is 3.26. The molecule has 0 aromatic carbocycles. The van der Waals surface area contributed by atoms with Gasteiger partial charge in [-0.2, -0.15) is 0 Å². The molecule has 0 bridgehead atoms. The van der Waals surface area contributed by atoms with Crippen molar-refractivity contribution in [2.45, 2.75) is 38.3 Å². The third-order valence-corrected chi connectivity index (χ3v) is 4.94. The van der Waals surface area contributed by atoms with Crippen LogP contribution in [0.4, 0.5) is 11.6 Å². The molecule has 1 saturated heterocycles. The van der Waals surface area contributed by atoms with Crippen molar-refractivity contribution in [1.82, 2.24) is 9.97 Å². The monoisotopic (exact) mass is 280 g/mol. The molecule has 1 N–H and O–H groups in total. The largest absolute Gasteiger partial charge is 0.373 e. The van der Waals surface area contributed by atoms with Gasteiger partial charge in [0.25, 0.3) is 0 Å². The molecule has 0 unspecified atom stereocenters. The van der Waals surface area contributed by atoms with Crippen LogP contribution in [0.5, 0.6) is 0 Å². The molecule has 1 aliphatic rings. The normalized spacial score (nSPS) is 17.8. The lowest BCUT2D eigenvalue weighted by Gasteiger charge is -2.26. The summed E-state index contributed by atoms with van der Waals surface area (Å²) in [5.41, 5.74) is 0.476. The van der Waals surface area contributed by atoms with Gasteiger partial charge in [0, 0.05) is 26.2 Å². The SMILES string of the molecule is CCC1(CC)CCN(c2cc(NC)nc(SC)n2)C1. The van der Waals surface area contributed by atoms with E-state index in [1.54, 1.807) is 11.8 Å². The number of thioether (sulfide) groups is 1. The van der Waals surface area contributed by atoms with Crippen LogP contribution < -0.4 is 10.2 Å². The van der Waals surface area contributed by atoms with E-state index in [4.69, 9.17) is 0 Å². The minimum Gasteiger partial charge on any atom is -0.373 e. The standard InChI is InChI=1S/C14H24N4S/c1-5-14(6-2)7-8-18(10-14)12-9-11(15-3)16-13(17-12)19-4/h9H,5-8,10H2,1-4H3,(H,15,16,17). The van der Waals surface area contributed by atoms with Crippen LogP contribution in [0.15, 0.2) is 11.2 Å². The molecule has 106 valence electrons. The van der Waals surface area contributed by atoms with E-state index in [0.29, 0.717) is 5.41 Å². The van der Waals surface area contributed by atoms with E-state index in [1.165, 1.54) is 19.3 Å². The number of hydrogen-bond acceptors (Lipinski definition) is 5. The number of hydrogen-bond donors (Lipinski definition) is 1. The van der Waals surface area contributed by atoms with Gasteiger partial charge in [0.2, 0.25) is 0 Å². The lowest BCUT2D eigenvalue weighted by Crippen LogP contribution is -2.27. The van der Waals surface area contributed by atoms with E-state index >= 15 is 0 Å². The van der Waals surface area contributed by atoms with Gasteiger partial charge < -0.3 is 10.2 Å². The van der Waals surface area contributed by atoms with Gasteiger partial charge in [0.15, 0.2) is 5.16 Å². The van der Waals surface area contributed by atoms with E-state index in [1.807, 2.05) is 13.3 Å². The van der Waals surface area contributed by atoms with E-state index in [9.17, 15) is 0 Å². The Morgan fingerprint density at radius 1 is 1.37 bits per heavy atom. The Morgan fingerprint density at radius 3 is 2.63 bits per heavy atom. The fraction of sp³-hybridized carbons (Fsp3) is 0.714. The Kier molecular flexibility index (Phi) is 4.55. The summed E-state index contributed by atoms with van der Waals surface area (Å²) in [6.07, 6.45) is 5.79. The molecule has 1 aromatic rings. The van der Waals surface area contributed by atoms with Gasteiger partial charge in [0.05, 0.1) is 0 Å². The van der Waals surface area contributed by atoms with E-state index in [-0.39, 0.29) is 0 Å². The summed E-state index contributed by atoms with van der Waals surface area (Å²) in [5, 5.41) is 3.96. The number of nitrogens with one attached hydrogen (secondary N) is 1. The molecule has 0 radical (unpaired) electrons. The third kappa shape index (κ3) is 2.96. The van der Waals surface area contributed by atoms with Crippen molar-refractivity contribution in [3.8, 4) is 0 Å². The van der Waals surface area contributed by atoms with Gasteiger partial charge in [-0.15, -0.1) is 0 Å². The molecule has 1 aromatic heterocycles. The van der Waals surface area contributed by atoms with Gasteiger partial charge >= 0.3 is 0 Å². The topological polar surface area (TPSA) is 41.0 Å². The second-order valence-corrected chi connectivity index (χ2v) is 6.00. The van der Waals surface area contributed by atoms with Gasteiger partial charge in [-0.3, -0.25) is 0 Å².